The van der Waals surface area contributed by atoms with Gasteiger partial charge in [-0.2, -0.15) is 0 Å². The Labute approximate surface area is 218 Å². The van der Waals surface area contributed by atoms with Crippen molar-refractivity contribution in [3.63, 3.8) is 0 Å². The van der Waals surface area contributed by atoms with Crippen LogP contribution in [0.25, 0.3) is 11.0 Å². The zero-order valence-electron chi connectivity index (χ0n) is 21.4. The number of hydrogen-bond donors (Lipinski definition) is 0. The first kappa shape index (κ1) is 26.3. The predicted molar refractivity (Wildman–Crippen MR) is 139 cm³/mol. The fourth-order valence-corrected chi connectivity index (χ4v) is 3.63. The van der Waals surface area contributed by atoms with Gasteiger partial charge in [-0.1, -0.05) is 6.92 Å². The fourth-order valence-electron chi connectivity index (χ4n) is 3.63. The summed E-state index contributed by atoms with van der Waals surface area (Å²) in [5.41, 5.74) is 0.469. The first-order valence-corrected chi connectivity index (χ1v) is 11.8. The minimum Gasteiger partial charge on any atom is -0.493 e. The summed E-state index contributed by atoms with van der Waals surface area (Å²) in [5.74, 6) is 0.613. The lowest BCUT2D eigenvalue weighted by Gasteiger charge is -2.11. The van der Waals surface area contributed by atoms with Gasteiger partial charge < -0.3 is 28.1 Å². The zero-order valence-corrected chi connectivity index (χ0v) is 21.4. The van der Waals surface area contributed by atoms with Crippen molar-refractivity contribution in [3.8, 4) is 28.7 Å². The second-order valence-corrected chi connectivity index (χ2v) is 8.20. The van der Waals surface area contributed by atoms with E-state index in [0.717, 1.165) is 6.42 Å². The average molecular weight is 519 g/mol. The molecule has 0 aliphatic carbocycles. The second kappa shape index (κ2) is 11.5. The topological polar surface area (TPSA) is 110 Å². The lowest BCUT2D eigenvalue weighted by atomic mass is 10.2. The standard InChI is InChI=1S/C29H26O9/c1-5-14-35-28(31)18-6-9-20(10-7-18)37-27-17(2)36-24-16-21(11-12-22(24)26(27)30)38-29(32)19-8-13-23(33-3)25(15-19)34-4/h6-13,15-16H,5,14H2,1-4H3. The molecule has 38 heavy (non-hydrogen) atoms. The summed E-state index contributed by atoms with van der Waals surface area (Å²) < 4.78 is 32.6. The maximum atomic E-state index is 13.1. The predicted octanol–water partition coefficient (Wildman–Crippen LogP) is 5.70. The monoisotopic (exact) mass is 518 g/mol. The normalized spacial score (nSPS) is 10.6. The summed E-state index contributed by atoms with van der Waals surface area (Å²) in [6.07, 6.45) is 0.728. The van der Waals surface area contributed by atoms with Crippen LogP contribution in [0.4, 0.5) is 0 Å². The Morgan fingerprint density at radius 1 is 0.816 bits per heavy atom. The molecule has 4 rings (SSSR count). The first-order chi connectivity index (χ1) is 18.3. The van der Waals surface area contributed by atoms with Gasteiger partial charge in [0.25, 0.3) is 0 Å². The van der Waals surface area contributed by atoms with E-state index in [1.54, 1.807) is 43.3 Å². The lowest BCUT2D eigenvalue weighted by molar-refractivity contribution is 0.0504. The van der Waals surface area contributed by atoms with Crippen LogP contribution in [-0.4, -0.2) is 32.8 Å². The number of benzene rings is 3. The Morgan fingerprint density at radius 3 is 2.18 bits per heavy atom. The van der Waals surface area contributed by atoms with Gasteiger partial charge in [-0.05, 0) is 67.9 Å². The van der Waals surface area contributed by atoms with Gasteiger partial charge in [0.1, 0.15) is 22.8 Å². The molecular formula is C29H26O9. The first-order valence-electron chi connectivity index (χ1n) is 11.8. The minimum absolute atomic E-state index is 0.00822. The second-order valence-electron chi connectivity index (χ2n) is 8.20. The van der Waals surface area contributed by atoms with Crippen LogP contribution in [0.1, 0.15) is 39.8 Å². The average Bonchev–Trinajstić information content (AvgIpc) is 2.93. The number of fused-ring (bicyclic) bond motifs is 1. The fraction of sp³-hybridized carbons (Fsp3) is 0.207. The highest BCUT2D eigenvalue weighted by molar-refractivity contribution is 5.92. The maximum Gasteiger partial charge on any atom is 0.343 e. The largest absolute Gasteiger partial charge is 0.493 e. The molecular weight excluding hydrogens is 492 g/mol. The molecule has 0 atom stereocenters. The summed E-state index contributed by atoms with van der Waals surface area (Å²) >= 11 is 0. The molecule has 0 amide bonds. The molecule has 0 bridgehead atoms. The highest BCUT2D eigenvalue weighted by Crippen LogP contribution is 2.30. The molecule has 4 aromatic rings. The number of methoxy groups -OCH3 is 2. The molecule has 9 heteroatoms. The smallest absolute Gasteiger partial charge is 0.343 e. The Kier molecular flexibility index (Phi) is 7.96. The number of hydrogen-bond acceptors (Lipinski definition) is 9. The molecule has 3 aromatic carbocycles. The third kappa shape index (κ3) is 5.62. The number of carbonyl (C=O) groups excluding carboxylic acids is 2. The molecule has 0 unspecified atom stereocenters. The van der Waals surface area contributed by atoms with Crippen LogP contribution in [-0.2, 0) is 4.74 Å². The Balaban J connectivity index is 1.54. The Morgan fingerprint density at radius 2 is 1.50 bits per heavy atom. The van der Waals surface area contributed by atoms with Gasteiger partial charge in [-0.3, -0.25) is 4.79 Å². The molecule has 1 heterocycles. The van der Waals surface area contributed by atoms with E-state index < -0.39 is 17.4 Å². The van der Waals surface area contributed by atoms with E-state index in [2.05, 4.69) is 0 Å². The van der Waals surface area contributed by atoms with E-state index in [9.17, 15) is 14.4 Å². The van der Waals surface area contributed by atoms with E-state index in [1.165, 1.54) is 38.5 Å². The van der Waals surface area contributed by atoms with E-state index >= 15 is 0 Å². The van der Waals surface area contributed by atoms with E-state index in [4.69, 9.17) is 28.1 Å². The molecule has 9 nitrogen and oxygen atoms in total. The van der Waals surface area contributed by atoms with Gasteiger partial charge in [0, 0.05) is 6.07 Å². The van der Waals surface area contributed by atoms with E-state index in [-0.39, 0.29) is 33.8 Å². The van der Waals surface area contributed by atoms with Crippen molar-refractivity contribution in [2.24, 2.45) is 0 Å². The van der Waals surface area contributed by atoms with Crippen LogP contribution in [0.2, 0.25) is 0 Å². The van der Waals surface area contributed by atoms with Gasteiger partial charge in [0.05, 0.1) is 37.3 Å². The number of ether oxygens (including phenoxy) is 5. The van der Waals surface area contributed by atoms with Crippen molar-refractivity contribution in [2.45, 2.75) is 20.3 Å². The van der Waals surface area contributed by atoms with Crippen LogP contribution in [0.5, 0.6) is 28.7 Å². The van der Waals surface area contributed by atoms with Crippen molar-refractivity contribution in [1.82, 2.24) is 0 Å². The summed E-state index contributed by atoms with van der Waals surface area (Å²) in [6, 6.07) is 15.4. The number of carbonyl (C=O) groups is 2. The van der Waals surface area contributed by atoms with Crippen molar-refractivity contribution >= 4 is 22.9 Å². The molecule has 1 aromatic heterocycles. The lowest BCUT2D eigenvalue weighted by Crippen LogP contribution is -2.10. The molecule has 0 radical (unpaired) electrons. The van der Waals surface area contributed by atoms with Crippen LogP contribution in [0.3, 0.4) is 0 Å². The highest BCUT2D eigenvalue weighted by atomic mass is 16.5. The summed E-state index contributed by atoms with van der Waals surface area (Å²) in [7, 11) is 2.97. The van der Waals surface area contributed by atoms with Crippen molar-refractivity contribution < 1.29 is 37.7 Å². The minimum atomic E-state index is -0.619. The molecule has 0 saturated carbocycles. The van der Waals surface area contributed by atoms with Crippen LogP contribution in [0, 0.1) is 6.92 Å². The molecule has 196 valence electrons. The Hall–Kier alpha value is -4.79. The van der Waals surface area contributed by atoms with Gasteiger partial charge in [-0.25, -0.2) is 9.59 Å². The van der Waals surface area contributed by atoms with Crippen LogP contribution in [0.15, 0.2) is 69.9 Å². The van der Waals surface area contributed by atoms with Crippen LogP contribution < -0.4 is 24.4 Å². The molecule has 0 fully saturated rings. The third-order valence-corrected chi connectivity index (χ3v) is 5.56. The van der Waals surface area contributed by atoms with Crippen molar-refractivity contribution in [1.29, 1.82) is 0 Å². The summed E-state index contributed by atoms with van der Waals surface area (Å²) in [5, 5.41) is 0.247. The number of rotatable bonds is 9. The summed E-state index contributed by atoms with van der Waals surface area (Å²) in [6.45, 7) is 3.84. The van der Waals surface area contributed by atoms with E-state index in [1.807, 2.05) is 6.92 Å². The zero-order chi connectivity index (χ0) is 27.2. The summed E-state index contributed by atoms with van der Waals surface area (Å²) in [4.78, 5) is 37.8. The van der Waals surface area contributed by atoms with Crippen molar-refractivity contribution in [3.05, 3.63) is 87.8 Å². The van der Waals surface area contributed by atoms with Gasteiger partial charge in [0.2, 0.25) is 11.2 Å². The quantitative estimate of drug-likeness (QED) is 0.204. The molecule has 0 aliphatic heterocycles. The molecule has 0 saturated heterocycles. The third-order valence-electron chi connectivity index (χ3n) is 5.56. The number of esters is 2. The van der Waals surface area contributed by atoms with E-state index in [0.29, 0.717) is 29.4 Å². The van der Waals surface area contributed by atoms with Crippen LogP contribution >= 0.6 is 0 Å². The molecule has 0 aliphatic rings. The van der Waals surface area contributed by atoms with Crippen molar-refractivity contribution in [2.75, 3.05) is 20.8 Å². The maximum absolute atomic E-state index is 13.1. The van der Waals surface area contributed by atoms with Gasteiger partial charge >= 0.3 is 11.9 Å². The SMILES string of the molecule is CCCOC(=O)c1ccc(Oc2c(C)oc3cc(OC(=O)c4ccc(OC)c(OC)c4)ccc3c2=O)cc1. The van der Waals surface area contributed by atoms with Gasteiger partial charge in [-0.15, -0.1) is 0 Å². The molecule has 0 N–H and O–H groups in total. The van der Waals surface area contributed by atoms with Gasteiger partial charge in [0.15, 0.2) is 11.5 Å². The highest BCUT2D eigenvalue weighted by Gasteiger charge is 2.17. The Bertz CT molecular complexity index is 1530. The number of aryl methyl sites for hydroxylation is 1. The molecule has 0 spiro atoms.